The first-order valence-electron chi connectivity index (χ1n) is 6.61. The predicted octanol–water partition coefficient (Wildman–Crippen LogP) is 2.88. The van der Waals surface area contributed by atoms with Crippen LogP contribution >= 0.6 is 12.6 Å². The number of carbonyl (C=O) groups excluding carboxylic acids is 1. The maximum Gasteiger partial charge on any atom is 0.223 e. The Morgan fingerprint density at radius 3 is 2.50 bits per heavy atom. The molecule has 0 radical (unpaired) electrons. The van der Waals surface area contributed by atoms with Crippen LogP contribution in [0.3, 0.4) is 0 Å². The van der Waals surface area contributed by atoms with Crippen LogP contribution in [-0.4, -0.2) is 29.1 Å². The van der Waals surface area contributed by atoms with E-state index in [1.807, 2.05) is 4.90 Å². The Kier molecular flexibility index (Phi) is 4.33. The smallest absolute Gasteiger partial charge is 0.223 e. The number of nitrogens with zero attached hydrogens (tertiary/aromatic N) is 1. The second-order valence-electron chi connectivity index (χ2n) is 5.34. The fourth-order valence-corrected chi connectivity index (χ4v) is 2.65. The molecule has 1 amide bonds. The molecule has 0 aliphatic carbocycles. The van der Waals surface area contributed by atoms with Gasteiger partial charge < -0.3 is 4.90 Å². The molecule has 1 atom stereocenters. The first-order valence-corrected chi connectivity index (χ1v) is 7.12. The highest BCUT2D eigenvalue weighted by Gasteiger charge is 2.26. The lowest BCUT2D eigenvalue weighted by Crippen LogP contribution is -2.27. The maximum atomic E-state index is 11.6. The lowest BCUT2D eigenvalue weighted by molar-refractivity contribution is -0.127. The van der Waals surface area contributed by atoms with Crippen molar-refractivity contribution in [3.8, 4) is 0 Å². The van der Waals surface area contributed by atoms with E-state index in [1.165, 1.54) is 11.1 Å². The van der Waals surface area contributed by atoms with E-state index in [0.717, 1.165) is 19.5 Å². The zero-order valence-electron chi connectivity index (χ0n) is 11.1. The van der Waals surface area contributed by atoms with Gasteiger partial charge in [0.05, 0.1) is 0 Å². The van der Waals surface area contributed by atoms with Gasteiger partial charge in [-0.3, -0.25) is 4.79 Å². The van der Waals surface area contributed by atoms with Gasteiger partial charge in [-0.2, -0.15) is 12.6 Å². The normalized spacial score (nSPS) is 19.9. The molecule has 1 aliphatic heterocycles. The highest BCUT2D eigenvalue weighted by Crippen LogP contribution is 2.18. The van der Waals surface area contributed by atoms with E-state index in [9.17, 15) is 4.79 Å². The SMILES string of the molecule is CC(C)c1ccc(CCN2CC(S)CC2=O)cc1. The summed E-state index contributed by atoms with van der Waals surface area (Å²) in [5, 5.41) is 0.223. The predicted molar refractivity (Wildman–Crippen MR) is 78.2 cm³/mol. The van der Waals surface area contributed by atoms with E-state index in [2.05, 4.69) is 50.7 Å². The third-order valence-corrected chi connectivity index (χ3v) is 3.86. The molecule has 1 unspecified atom stereocenters. The zero-order chi connectivity index (χ0) is 13.1. The fraction of sp³-hybridized carbons (Fsp3) is 0.533. The summed E-state index contributed by atoms with van der Waals surface area (Å²) in [6.45, 7) is 6.01. The van der Waals surface area contributed by atoms with E-state index < -0.39 is 0 Å². The number of hydrogen-bond donors (Lipinski definition) is 1. The number of carbonyl (C=O) groups is 1. The molecule has 1 saturated heterocycles. The van der Waals surface area contributed by atoms with Gasteiger partial charge in [-0.15, -0.1) is 0 Å². The summed E-state index contributed by atoms with van der Waals surface area (Å²) in [6, 6.07) is 8.72. The van der Waals surface area contributed by atoms with Crippen LogP contribution in [-0.2, 0) is 11.2 Å². The fourth-order valence-electron chi connectivity index (χ4n) is 2.30. The second kappa shape index (κ2) is 5.79. The average Bonchev–Trinajstić information content (AvgIpc) is 2.66. The van der Waals surface area contributed by atoms with Crippen molar-refractivity contribution >= 4 is 18.5 Å². The number of rotatable bonds is 4. The van der Waals surface area contributed by atoms with Crippen molar-refractivity contribution in [3.63, 3.8) is 0 Å². The van der Waals surface area contributed by atoms with Gasteiger partial charge in [0, 0.05) is 24.8 Å². The van der Waals surface area contributed by atoms with Gasteiger partial charge in [0.1, 0.15) is 0 Å². The lowest BCUT2D eigenvalue weighted by atomic mass is 10.0. The minimum absolute atomic E-state index is 0.223. The van der Waals surface area contributed by atoms with Crippen LogP contribution in [0.25, 0.3) is 0 Å². The molecule has 18 heavy (non-hydrogen) atoms. The van der Waals surface area contributed by atoms with E-state index in [-0.39, 0.29) is 11.2 Å². The summed E-state index contributed by atoms with van der Waals surface area (Å²) in [6.07, 6.45) is 1.53. The molecule has 1 aromatic rings. The molecular weight excluding hydrogens is 242 g/mol. The maximum absolute atomic E-state index is 11.6. The van der Waals surface area contributed by atoms with Gasteiger partial charge in [0.25, 0.3) is 0 Å². The van der Waals surface area contributed by atoms with Crippen molar-refractivity contribution in [2.45, 2.75) is 37.9 Å². The number of hydrogen-bond acceptors (Lipinski definition) is 2. The highest BCUT2D eigenvalue weighted by molar-refractivity contribution is 7.81. The topological polar surface area (TPSA) is 20.3 Å². The largest absolute Gasteiger partial charge is 0.341 e. The molecule has 2 nitrogen and oxygen atoms in total. The van der Waals surface area contributed by atoms with Crippen molar-refractivity contribution in [2.75, 3.05) is 13.1 Å². The van der Waals surface area contributed by atoms with Crippen LogP contribution in [0.2, 0.25) is 0 Å². The van der Waals surface area contributed by atoms with Gasteiger partial charge in [0.15, 0.2) is 0 Å². The van der Waals surface area contributed by atoms with E-state index in [1.54, 1.807) is 0 Å². The van der Waals surface area contributed by atoms with Crippen LogP contribution in [0, 0.1) is 0 Å². The summed E-state index contributed by atoms with van der Waals surface area (Å²) in [4.78, 5) is 13.6. The van der Waals surface area contributed by atoms with Crippen molar-refractivity contribution < 1.29 is 4.79 Å². The Hall–Kier alpha value is -0.960. The summed E-state index contributed by atoms with van der Waals surface area (Å²) < 4.78 is 0. The molecule has 0 N–H and O–H groups in total. The van der Waals surface area contributed by atoms with Gasteiger partial charge in [-0.05, 0) is 23.5 Å². The summed E-state index contributed by atoms with van der Waals surface area (Å²) in [7, 11) is 0. The van der Waals surface area contributed by atoms with Crippen molar-refractivity contribution in [1.29, 1.82) is 0 Å². The number of benzene rings is 1. The Bertz CT molecular complexity index is 413. The third kappa shape index (κ3) is 3.29. The van der Waals surface area contributed by atoms with Crippen molar-refractivity contribution in [3.05, 3.63) is 35.4 Å². The van der Waals surface area contributed by atoms with Crippen LogP contribution in [0.5, 0.6) is 0 Å². The minimum atomic E-state index is 0.223. The minimum Gasteiger partial charge on any atom is -0.341 e. The monoisotopic (exact) mass is 263 g/mol. The van der Waals surface area contributed by atoms with E-state index in [4.69, 9.17) is 0 Å². The average molecular weight is 263 g/mol. The van der Waals surface area contributed by atoms with Gasteiger partial charge in [0.2, 0.25) is 5.91 Å². The standard InChI is InChI=1S/C15H21NOS/c1-11(2)13-5-3-12(4-6-13)7-8-16-10-14(18)9-15(16)17/h3-6,11,14,18H,7-10H2,1-2H3. The molecule has 0 bridgehead atoms. The molecule has 98 valence electrons. The number of amides is 1. The van der Waals surface area contributed by atoms with Crippen molar-refractivity contribution in [2.24, 2.45) is 0 Å². The van der Waals surface area contributed by atoms with E-state index in [0.29, 0.717) is 12.3 Å². The van der Waals surface area contributed by atoms with Gasteiger partial charge >= 0.3 is 0 Å². The molecule has 1 heterocycles. The molecule has 1 fully saturated rings. The van der Waals surface area contributed by atoms with Crippen LogP contribution in [0.15, 0.2) is 24.3 Å². The van der Waals surface area contributed by atoms with Crippen molar-refractivity contribution in [1.82, 2.24) is 4.90 Å². The van der Waals surface area contributed by atoms with Crippen LogP contribution < -0.4 is 0 Å². The second-order valence-corrected chi connectivity index (χ2v) is 6.07. The zero-order valence-corrected chi connectivity index (χ0v) is 12.0. The molecule has 0 saturated carbocycles. The molecule has 1 aliphatic rings. The molecule has 2 rings (SSSR count). The lowest BCUT2D eigenvalue weighted by Gasteiger charge is -2.16. The first-order chi connectivity index (χ1) is 8.56. The Labute approximate surface area is 115 Å². The molecule has 3 heteroatoms. The van der Waals surface area contributed by atoms with E-state index >= 15 is 0 Å². The Morgan fingerprint density at radius 1 is 1.33 bits per heavy atom. The third-order valence-electron chi connectivity index (χ3n) is 3.51. The first kappa shape index (κ1) is 13.5. The Morgan fingerprint density at radius 2 is 2.00 bits per heavy atom. The van der Waals surface area contributed by atoms with Gasteiger partial charge in [-0.25, -0.2) is 0 Å². The molecule has 1 aromatic carbocycles. The van der Waals surface area contributed by atoms with Crippen LogP contribution in [0.4, 0.5) is 0 Å². The van der Waals surface area contributed by atoms with Crippen LogP contribution in [0.1, 0.15) is 37.3 Å². The summed E-state index contributed by atoms with van der Waals surface area (Å²) in [5.41, 5.74) is 2.67. The molecular formula is C15H21NOS. The summed E-state index contributed by atoms with van der Waals surface area (Å²) in [5.74, 6) is 0.818. The quantitative estimate of drug-likeness (QED) is 0.828. The number of thiol groups is 1. The highest BCUT2D eigenvalue weighted by atomic mass is 32.1. The Balaban J connectivity index is 1.88. The van der Waals surface area contributed by atoms with Gasteiger partial charge in [-0.1, -0.05) is 38.1 Å². The molecule has 0 aromatic heterocycles. The number of likely N-dealkylation sites (tertiary alicyclic amines) is 1. The molecule has 0 spiro atoms. The summed E-state index contributed by atoms with van der Waals surface area (Å²) >= 11 is 4.36.